The van der Waals surface area contributed by atoms with E-state index in [-0.39, 0.29) is 26.4 Å². The average molecular weight is 693 g/mol. The van der Waals surface area contributed by atoms with Gasteiger partial charge in [-0.15, -0.1) is 0 Å². The minimum Gasteiger partial charge on any atom is -0.497 e. The van der Waals surface area contributed by atoms with Gasteiger partial charge in [0.2, 0.25) is 5.79 Å². The third kappa shape index (κ3) is 7.22. The molecule has 2 saturated heterocycles. The Bertz CT molecular complexity index is 1820. The topological polar surface area (TPSA) is 75.6 Å². The van der Waals surface area contributed by atoms with Crippen molar-refractivity contribution in [2.24, 2.45) is 0 Å². The Morgan fingerprint density at radius 1 is 0.680 bits per heavy atom. The Hall–Kier alpha value is -4.05. The van der Waals surface area contributed by atoms with E-state index < -0.39 is 29.7 Å². The summed E-state index contributed by atoms with van der Waals surface area (Å²) in [6.07, 6.45) is -1.67. The third-order valence-corrected chi connectivity index (χ3v) is 9.84. The molecule has 5 atom stereocenters. The predicted octanol–water partition coefficient (Wildman–Crippen LogP) is 7.64. The first kappa shape index (κ1) is 34.4. The molecule has 2 bridgehead atoms. The fraction of sp³-hybridized carbons (Fsp3) is 0.286. The number of aliphatic hydroxyl groups excluding tert-OH is 1. The number of hydrogen-bond donors (Lipinski definition) is 1. The van der Waals surface area contributed by atoms with Gasteiger partial charge in [0.1, 0.15) is 29.7 Å². The van der Waals surface area contributed by atoms with E-state index in [2.05, 4.69) is 0 Å². The smallest absolute Gasteiger partial charge is 0.225 e. The molecule has 258 valence electrons. The Kier molecular flexibility index (Phi) is 10.6. The molecule has 7 nitrogen and oxygen atoms in total. The second-order valence-electron chi connectivity index (χ2n) is 12.8. The lowest BCUT2D eigenvalue weighted by Crippen LogP contribution is -2.67. The molecule has 50 heavy (non-hydrogen) atoms. The molecular formula is C42H41ClO7. The molecule has 2 aliphatic rings. The van der Waals surface area contributed by atoms with Crippen molar-refractivity contribution in [3.8, 4) is 5.75 Å². The Morgan fingerprint density at radius 3 is 1.80 bits per heavy atom. The van der Waals surface area contributed by atoms with E-state index >= 15 is 0 Å². The van der Waals surface area contributed by atoms with Gasteiger partial charge in [0.25, 0.3) is 0 Å². The van der Waals surface area contributed by atoms with E-state index in [4.69, 9.17) is 40.0 Å². The molecular weight excluding hydrogens is 652 g/mol. The van der Waals surface area contributed by atoms with Crippen LogP contribution < -0.4 is 4.74 Å². The third-order valence-electron chi connectivity index (χ3n) is 9.48. The van der Waals surface area contributed by atoms with Crippen molar-refractivity contribution in [2.45, 2.75) is 55.9 Å². The van der Waals surface area contributed by atoms with Crippen LogP contribution in [0.25, 0.3) is 0 Å². The SMILES string of the molecule is COc1ccc(Cc2cc(C34OCC(CO)(O3)[C@@H](OCc3ccccc3)[C@H](OCc3ccccc3)C4OCc3ccccc3)ccc2Cl)cc1. The van der Waals surface area contributed by atoms with Crippen LogP contribution in [0.4, 0.5) is 0 Å². The molecule has 5 aromatic carbocycles. The lowest BCUT2D eigenvalue weighted by atomic mass is 9.83. The normalized spacial score (nSPS) is 24.3. The highest BCUT2D eigenvalue weighted by molar-refractivity contribution is 6.31. The van der Waals surface area contributed by atoms with Crippen molar-refractivity contribution in [3.63, 3.8) is 0 Å². The van der Waals surface area contributed by atoms with Crippen LogP contribution in [0, 0.1) is 0 Å². The molecule has 2 aliphatic heterocycles. The summed E-state index contributed by atoms with van der Waals surface area (Å²) in [6, 6.07) is 43.6. The van der Waals surface area contributed by atoms with Gasteiger partial charge in [0, 0.05) is 10.6 Å². The van der Waals surface area contributed by atoms with Crippen molar-refractivity contribution < 1.29 is 33.5 Å². The summed E-state index contributed by atoms with van der Waals surface area (Å²) < 4.78 is 39.5. The van der Waals surface area contributed by atoms with Crippen LogP contribution in [-0.2, 0) is 55.7 Å². The van der Waals surface area contributed by atoms with Gasteiger partial charge < -0.3 is 33.5 Å². The molecule has 3 unspecified atom stereocenters. The van der Waals surface area contributed by atoms with Crippen LogP contribution in [0.5, 0.6) is 5.75 Å². The standard InChI is InChI=1S/C42H41ClO7/c1-45-36-20-17-30(18-21-36)23-34-24-35(19-22-37(34)43)42-40(48-27-33-15-9-4-10-16-33)38(46-25-31-11-5-2-6-12-31)39(41(28-44,50-42)29-49-42)47-26-32-13-7-3-8-14-32/h2-22,24,38-40,44H,23,25-29H2,1H3/t38-,39-,40?,41?,42?/m0/s1. The predicted molar refractivity (Wildman–Crippen MR) is 191 cm³/mol. The first-order valence-electron chi connectivity index (χ1n) is 16.9. The van der Waals surface area contributed by atoms with Gasteiger partial charge in [0.05, 0.1) is 40.1 Å². The number of fused-ring (bicyclic) bond motifs is 2. The van der Waals surface area contributed by atoms with E-state index in [9.17, 15) is 5.11 Å². The van der Waals surface area contributed by atoms with Crippen molar-refractivity contribution in [2.75, 3.05) is 20.3 Å². The maximum absolute atomic E-state index is 11.1. The number of aliphatic hydroxyl groups is 1. The summed E-state index contributed by atoms with van der Waals surface area (Å²) in [5.74, 6) is -0.656. The summed E-state index contributed by atoms with van der Waals surface area (Å²) in [5, 5.41) is 11.7. The Balaban J connectivity index is 1.30. The number of halogens is 1. The number of rotatable bonds is 14. The highest BCUT2D eigenvalue weighted by atomic mass is 35.5. The van der Waals surface area contributed by atoms with Gasteiger partial charge in [-0.05, 0) is 58.5 Å². The number of methoxy groups -OCH3 is 1. The van der Waals surface area contributed by atoms with Crippen LogP contribution >= 0.6 is 11.6 Å². The Morgan fingerprint density at radius 2 is 1.24 bits per heavy atom. The summed E-state index contributed by atoms with van der Waals surface area (Å²) in [7, 11) is 1.65. The maximum Gasteiger partial charge on any atom is 0.225 e. The van der Waals surface area contributed by atoms with Crippen LogP contribution in [0.1, 0.15) is 33.4 Å². The maximum atomic E-state index is 11.1. The van der Waals surface area contributed by atoms with Crippen LogP contribution in [-0.4, -0.2) is 49.3 Å². The summed E-state index contributed by atoms with van der Waals surface area (Å²) in [6.45, 7) is 0.567. The van der Waals surface area contributed by atoms with Gasteiger partial charge in [0.15, 0.2) is 0 Å². The molecule has 2 fully saturated rings. The first-order chi connectivity index (χ1) is 24.5. The largest absolute Gasteiger partial charge is 0.497 e. The zero-order valence-electron chi connectivity index (χ0n) is 28.0. The molecule has 0 aromatic heterocycles. The highest BCUT2D eigenvalue weighted by Gasteiger charge is 2.69. The van der Waals surface area contributed by atoms with Gasteiger partial charge in [-0.25, -0.2) is 0 Å². The monoisotopic (exact) mass is 692 g/mol. The number of ether oxygens (including phenoxy) is 6. The van der Waals surface area contributed by atoms with Crippen molar-refractivity contribution in [1.82, 2.24) is 0 Å². The minimum atomic E-state index is -1.44. The number of hydrogen-bond acceptors (Lipinski definition) is 7. The van der Waals surface area contributed by atoms with Crippen molar-refractivity contribution in [3.05, 3.63) is 172 Å². The molecule has 5 aromatic rings. The Labute approximate surface area is 298 Å². The zero-order chi connectivity index (χ0) is 34.4. The zero-order valence-corrected chi connectivity index (χ0v) is 28.7. The van der Waals surface area contributed by atoms with E-state index in [1.807, 2.05) is 133 Å². The quantitative estimate of drug-likeness (QED) is 0.128. The molecule has 0 saturated carbocycles. The molecule has 0 radical (unpaired) electrons. The summed E-state index contributed by atoms with van der Waals surface area (Å²) in [4.78, 5) is 0. The average Bonchev–Trinajstić information content (AvgIpc) is 3.53. The van der Waals surface area contributed by atoms with Gasteiger partial charge in [-0.2, -0.15) is 0 Å². The van der Waals surface area contributed by atoms with Crippen molar-refractivity contribution in [1.29, 1.82) is 0 Å². The van der Waals surface area contributed by atoms with Crippen molar-refractivity contribution >= 4 is 11.6 Å². The molecule has 0 aliphatic carbocycles. The van der Waals surface area contributed by atoms with Gasteiger partial charge >= 0.3 is 0 Å². The number of benzene rings is 5. The lowest BCUT2D eigenvalue weighted by molar-refractivity contribution is -0.353. The molecule has 2 heterocycles. The van der Waals surface area contributed by atoms with E-state index in [0.29, 0.717) is 23.6 Å². The molecule has 8 heteroatoms. The van der Waals surface area contributed by atoms with Crippen LogP contribution in [0.2, 0.25) is 5.02 Å². The molecule has 0 amide bonds. The molecule has 0 spiro atoms. The fourth-order valence-corrected chi connectivity index (χ4v) is 7.01. The van der Waals surface area contributed by atoms with Crippen LogP contribution in [0.15, 0.2) is 133 Å². The van der Waals surface area contributed by atoms with E-state index in [1.165, 1.54) is 0 Å². The van der Waals surface area contributed by atoms with Gasteiger partial charge in [-0.3, -0.25) is 0 Å². The van der Waals surface area contributed by atoms with Crippen LogP contribution in [0.3, 0.4) is 0 Å². The highest BCUT2D eigenvalue weighted by Crippen LogP contribution is 2.53. The van der Waals surface area contributed by atoms with E-state index in [1.54, 1.807) is 7.11 Å². The lowest BCUT2D eigenvalue weighted by Gasteiger charge is -2.50. The molecule has 7 rings (SSSR count). The minimum absolute atomic E-state index is 0.0653. The second-order valence-corrected chi connectivity index (χ2v) is 13.2. The van der Waals surface area contributed by atoms with Gasteiger partial charge in [-0.1, -0.05) is 121 Å². The molecule has 1 N–H and O–H groups in total. The summed E-state index contributed by atoms with van der Waals surface area (Å²) >= 11 is 6.82. The summed E-state index contributed by atoms with van der Waals surface area (Å²) in [5.41, 5.74) is 4.41. The van der Waals surface area contributed by atoms with E-state index in [0.717, 1.165) is 33.6 Å². The first-order valence-corrected chi connectivity index (χ1v) is 17.2. The second kappa shape index (κ2) is 15.5. The fourth-order valence-electron chi connectivity index (χ4n) is 6.82.